The Kier molecular flexibility index (Phi) is 4.39. The van der Waals surface area contributed by atoms with Gasteiger partial charge in [-0.05, 0) is 42.0 Å². The molecule has 3 aromatic rings. The van der Waals surface area contributed by atoms with Gasteiger partial charge in [-0.1, -0.05) is 23.7 Å². The first-order valence-electron chi connectivity index (χ1n) is 6.98. The number of hydrogen-bond donors (Lipinski definition) is 2. The first kappa shape index (κ1) is 15.2. The van der Waals surface area contributed by atoms with Crippen LogP contribution in [-0.4, -0.2) is 9.97 Å². The fourth-order valence-electron chi connectivity index (χ4n) is 2.18. The predicted molar refractivity (Wildman–Crippen MR) is 90.6 cm³/mol. The van der Waals surface area contributed by atoms with Crippen LogP contribution in [0, 0.1) is 5.82 Å². The van der Waals surface area contributed by atoms with Crippen molar-refractivity contribution < 1.29 is 4.39 Å². The quantitative estimate of drug-likeness (QED) is 0.755. The molecule has 23 heavy (non-hydrogen) atoms. The molecule has 0 aliphatic heterocycles. The number of hydrogen-bond acceptors (Lipinski definition) is 4. The molecule has 6 heteroatoms. The van der Waals surface area contributed by atoms with Gasteiger partial charge in [-0.25, -0.2) is 14.4 Å². The van der Waals surface area contributed by atoms with Crippen LogP contribution < -0.4 is 11.1 Å². The zero-order chi connectivity index (χ0) is 16.2. The average Bonchev–Trinajstić information content (AvgIpc) is 2.54. The molecule has 2 heterocycles. The second kappa shape index (κ2) is 6.62. The van der Waals surface area contributed by atoms with Gasteiger partial charge in [0.1, 0.15) is 17.5 Å². The summed E-state index contributed by atoms with van der Waals surface area (Å²) in [7, 11) is 0. The smallest absolute Gasteiger partial charge is 0.127 e. The third-order valence-electron chi connectivity index (χ3n) is 3.26. The number of pyridine rings is 2. The Morgan fingerprint density at radius 1 is 1.13 bits per heavy atom. The number of nitrogen functional groups attached to an aromatic ring is 1. The third kappa shape index (κ3) is 3.76. The molecular formula is C17H14ClFN4. The lowest BCUT2D eigenvalue weighted by atomic mass is 10.1. The van der Waals surface area contributed by atoms with Crippen LogP contribution in [0.25, 0.3) is 11.3 Å². The van der Waals surface area contributed by atoms with E-state index in [2.05, 4.69) is 15.3 Å². The van der Waals surface area contributed by atoms with Gasteiger partial charge in [0.25, 0.3) is 0 Å². The highest BCUT2D eigenvalue weighted by Gasteiger charge is 2.08. The average molecular weight is 329 g/mol. The standard InChI is InChI=1S/C17H14ClFN4/c18-14-4-5-16(22-10-11-2-1-3-13(19)8-11)23-17(14)12-6-7-21-15(20)9-12/h1-9H,10H2,(H2,20,21)(H,22,23). The highest BCUT2D eigenvalue weighted by molar-refractivity contribution is 6.33. The molecule has 0 amide bonds. The van der Waals surface area contributed by atoms with Crippen LogP contribution in [0.3, 0.4) is 0 Å². The van der Waals surface area contributed by atoms with Gasteiger partial charge in [0, 0.05) is 18.3 Å². The van der Waals surface area contributed by atoms with Crippen molar-refractivity contribution in [1.82, 2.24) is 9.97 Å². The minimum atomic E-state index is -0.263. The molecule has 0 unspecified atom stereocenters. The van der Waals surface area contributed by atoms with Crippen LogP contribution in [0.5, 0.6) is 0 Å². The summed E-state index contributed by atoms with van der Waals surface area (Å²) in [5, 5.41) is 3.68. The molecule has 3 N–H and O–H groups in total. The van der Waals surface area contributed by atoms with E-state index in [1.807, 2.05) is 6.07 Å². The van der Waals surface area contributed by atoms with E-state index in [4.69, 9.17) is 17.3 Å². The number of benzene rings is 1. The van der Waals surface area contributed by atoms with Crippen molar-refractivity contribution in [3.63, 3.8) is 0 Å². The molecule has 0 radical (unpaired) electrons. The largest absolute Gasteiger partial charge is 0.384 e. The lowest BCUT2D eigenvalue weighted by Crippen LogP contribution is -2.02. The Morgan fingerprint density at radius 3 is 2.78 bits per heavy atom. The maximum Gasteiger partial charge on any atom is 0.127 e. The van der Waals surface area contributed by atoms with Gasteiger partial charge in [-0.2, -0.15) is 0 Å². The molecule has 0 spiro atoms. The summed E-state index contributed by atoms with van der Waals surface area (Å²) in [5.41, 5.74) is 7.93. The van der Waals surface area contributed by atoms with Gasteiger partial charge in [0.05, 0.1) is 10.7 Å². The third-order valence-corrected chi connectivity index (χ3v) is 3.57. The second-order valence-corrected chi connectivity index (χ2v) is 5.39. The number of nitrogens with two attached hydrogens (primary N) is 1. The zero-order valence-electron chi connectivity index (χ0n) is 12.1. The monoisotopic (exact) mass is 328 g/mol. The Bertz CT molecular complexity index is 838. The molecule has 0 atom stereocenters. The van der Waals surface area contributed by atoms with E-state index in [1.165, 1.54) is 12.1 Å². The summed E-state index contributed by atoms with van der Waals surface area (Å²) in [6.07, 6.45) is 1.61. The molecule has 1 aromatic carbocycles. The molecule has 0 aliphatic carbocycles. The van der Waals surface area contributed by atoms with Crippen molar-refractivity contribution >= 4 is 23.2 Å². The first-order chi connectivity index (χ1) is 11.1. The number of rotatable bonds is 4. The maximum absolute atomic E-state index is 13.2. The van der Waals surface area contributed by atoms with Crippen LogP contribution in [-0.2, 0) is 6.54 Å². The second-order valence-electron chi connectivity index (χ2n) is 4.98. The highest BCUT2D eigenvalue weighted by atomic mass is 35.5. The van der Waals surface area contributed by atoms with Crippen LogP contribution in [0.2, 0.25) is 5.02 Å². The molecule has 0 saturated carbocycles. The highest BCUT2D eigenvalue weighted by Crippen LogP contribution is 2.28. The summed E-state index contributed by atoms with van der Waals surface area (Å²) >= 11 is 6.22. The summed E-state index contributed by atoms with van der Waals surface area (Å²) in [5.74, 6) is 0.781. The van der Waals surface area contributed by atoms with Gasteiger partial charge in [0.2, 0.25) is 0 Å². The number of halogens is 2. The molecule has 2 aromatic heterocycles. The molecule has 0 fully saturated rings. The van der Waals surface area contributed by atoms with Crippen molar-refractivity contribution in [2.24, 2.45) is 0 Å². The minimum absolute atomic E-state index is 0.263. The molecule has 0 saturated heterocycles. The summed E-state index contributed by atoms with van der Waals surface area (Å²) < 4.78 is 13.2. The topological polar surface area (TPSA) is 63.8 Å². The number of nitrogens with one attached hydrogen (secondary N) is 1. The van der Waals surface area contributed by atoms with Gasteiger partial charge < -0.3 is 11.1 Å². The predicted octanol–water partition coefficient (Wildman–Crippen LogP) is 4.13. The van der Waals surface area contributed by atoms with Crippen LogP contribution in [0.15, 0.2) is 54.7 Å². The lowest BCUT2D eigenvalue weighted by molar-refractivity contribution is 0.626. The number of nitrogens with zero attached hydrogens (tertiary/aromatic N) is 2. The van der Waals surface area contributed by atoms with Crippen LogP contribution in [0.4, 0.5) is 16.0 Å². The van der Waals surface area contributed by atoms with Gasteiger partial charge in [0.15, 0.2) is 0 Å². The van der Waals surface area contributed by atoms with E-state index in [-0.39, 0.29) is 5.82 Å². The van der Waals surface area contributed by atoms with E-state index in [9.17, 15) is 4.39 Å². The van der Waals surface area contributed by atoms with E-state index in [0.717, 1.165) is 11.1 Å². The summed E-state index contributed by atoms with van der Waals surface area (Å²) in [4.78, 5) is 8.46. The molecule has 116 valence electrons. The zero-order valence-corrected chi connectivity index (χ0v) is 12.9. The van der Waals surface area contributed by atoms with Crippen molar-refractivity contribution in [2.45, 2.75) is 6.54 Å². The molecule has 3 rings (SSSR count). The maximum atomic E-state index is 13.2. The Labute approximate surface area is 138 Å². The van der Waals surface area contributed by atoms with E-state index in [1.54, 1.807) is 36.5 Å². The van der Waals surface area contributed by atoms with Gasteiger partial charge in [-0.3, -0.25) is 0 Å². The fraction of sp³-hybridized carbons (Fsp3) is 0.0588. The molecule has 4 nitrogen and oxygen atoms in total. The fourth-order valence-corrected chi connectivity index (χ4v) is 2.39. The van der Waals surface area contributed by atoms with E-state index >= 15 is 0 Å². The van der Waals surface area contributed by atoms with Crippen molar-refractivity contribution in [3.8, 4) is 11.3 Å². The molecule has 0 bridgehead atoms. The summed E-state index contributed by atoms with van der Waals surface area (Å²) in [6, 6.07) is 13.4. The van der Waals surface area contributed by atoms with Crippen LogP contribution >= 0.6 is 11.6 Å². The van der Waals surface area contributed by atoms with Crippen LogP contribution in [0.1, 0.15) is 5.56 Å². The van der Waals surface area contributed by atoms with Gasteiger partial charge >= 0.3 is 0 Å². The number of anilines is 2. The van der Waals surface area contributed by atoms with Crippen molar-refractivity contribution in [1.29, 1.82) is 0 Å². The Balaban J connectivity index is 1.83. The Morgan fingerprint density at radius 2 is 2.00 bits per heavy atom. The number of aromatic nitrogens is 2. The van der Waals surface area contributed by atoms with E-state index in [0.29, 0.717) is 28.9 Å². The SMILES string of the molecule is Nc1cc(-c2nc(NCc3cccc(F)c3)ccc2Cl)ccn1. The van der Waals surface area contributed by atoms with Crippen molar-refractivity contribution in [2.75, 3.05) is 11.1 Å². The summed E-state index contributed by atoms with van der Waals surface area (Å²) in [6.45, 7) is 0.463. The first-order valence-corrected chi connectivity index (χ1v) is 7.36. The van der Waals surface area contributed by atoms with E-state index < -0.39 is 0 Å². The van der Waals surface area contributed by atoms with Crippen molar-refractivity contribution in [3.05, 3.63) is 71.1 Å². The Hall–Kier alpha value is -2.66. The minimum Gasteiger partial charge on any atom is -0.384 e. The molecule has 0 aliphatic rings. The molecular weight excluding hydrogens is 315 g/mol. The lowest BCUT2D eigenvalue weighted by Gasteiger charge is -2.10. The van der Waals surface area contributed by atoms with Gasteiger partial charge in [-0.15, -0.1) is 0 Å². The normalized spacial score (nSPS) is 10.5.